The molecule has 0 bridgehead atoms. The van der Waals surface area contributed by atoms with Crippen molar-refractivity contribution in [3.05, 3.63) is 17.0 Å². The van der Waals surface area contributed by atoms with Gasteiger partial charge in [-0.15, -0.1) is 0 Å². The standard InChI is InChI=1S/C11H14N4/c12-6-11-9-7-13-5-4-10(9)14-15(11)8-2-1-3-8/h8,13H,1-5,7H2. The SMILES string of the molecule is N#Cc1c2c(nn1C1CCC1)CCNC2. The highest BCUT2D eigenvalue weighted by molar-refractivity contribution is 5.37. The fraction of sp³-hybridized carbons (Fsp3) is 0.636. The molecule has 0 unspecified atom stereocenters. The maximum atomic E-state index is 9.19. The Balaban J connectivity index is 2.06. The summed E-state index contributed by atoms with van der Waals surface area (Å²) in [6, 6.07) is 2.80. The van der Waals surface area contributed by atoms with Crippen LogP contribution in [0.2, 0.25) is 0 Å². The summed E-state index contributed by atoms with van der Waals surface area (Å²) in [7, 11) is 0. The van der Waals surface area contributed by atoms with Crippen molar-refractivity contribution in [3.8, 4) is 6.07 Å². The zero-order chi connectivity index (χ0) is 10.3. The van der Waals surface area contributed by atoms with Crippen molar-refractivity contribution in [1.82, 2.24) is 15.1 Å². The quantitative estimate of drug-likeness (QED) is 0.742. The van der Waals surface area contributed by atoms with Crippen molar-refractivity contribution < 1.29 is 0 Å². The maximum absolute atomic E-state index is 9.19. The molecule has 2 aliphatic rings. The number of nitrogens with zero attached hydrogens (tertiary/aromatic N) is 3. The average Bonchev–Trinajstić information content (AvgIpc) is 2.53. The third-order valence-electron chi connectivity index (χ3n) is 3.46. The summed E-state index contributed by atoms with van der Waals surface area (Å²) in [6.07, 6.45) is 4.60. The zero-order valence-corrected chi connectivity index (χ0v) is 8.66. The molecule has 0 saturated heterocycles. The highest BCUT2D eigenvalue weighted by atomic mass is 15.3. The minimum Gasteiger partial charge on any atom is -0.312 e. The van der Waals surface area contributed by atoms with Gasteiger partial charge in [-0.2, -0.15) is 10.4 Å². The molecular formula is C11H14N4. The topological polar surface area (TPSA) is 53.6 Å². The lowest BCUT2D eigenvalue weighted by molar-refractivity contribution is 0.286. The fourth-order valence-electron chi connectivity index (χ4n) is 2.34. The second-order valence-electron chi connectivity index (χ2n) is 4.34. The number of fused-ring (bicyclic) bond motifs is 1. The summed E-state index contributed by atoms with van der Waals surface area (Å²) in [4.78, 5) is 0. The van der Waals surface area contributed by atoms with E-state index in [1.165, 1.54) is 19.3 Å². The number of nitrogens with one attached hydrogen (secondary N) is 1. The van der Waals surface area contributed by atoms with Crippen molar-refractivity contribution in [2.75, 3.05) is 6.54 Å². The number of nitriles is 1. The molecule has 15 heavy (non-hydrogen) atoms. The molecule has 0 radical (unpaired) electrons. The molecule has 0 aromatic carbocycles. The van der Waals surface area contributed by atoms with Gasteiger partial charge >= 0.3 is 0 Å². The number of aromatic nitrogens is 2. The van der Waals surface area contributed by atoms with Gasteiger partial charge in [0.25, 0.3) is 0 Å². The van der Waals surface area contributed by atoms with E-state index in [1.54, 1.807) is 0 Å². The van der Waals surface area contributed by atoms with Crippen LogP contribution in [0, 0.1) is 11.3 Å². The summed E-state index contributed by atoms with van der Waals surface area (Å²) < 4.78 is 1.97. The second-order valence-corrected chi connectivity index (χ2v) is 4.34. The van der Waals surface area contributed by atoms with Crippen molar-refractivity contribution in [3.63, 3.8) is 0 Å². The van der Waals surface area contributed by atoms with Crippen molar-refractivity contribution in [2.24, 2.45) is 0 Å². The van der Waals surface area contributed by atoms with Gasteiger partial charge < -0.3 is 5.32 Å². The number of hydrogen-bond acceptors (Lipinski definition) is 3. The van der Waals surface area contributed by atoms with Gasteiger partial charge in [0.05, 0.1) is 11.7 Å². The summed E-state index contributed by atoms with van der Waals surface area (Å²) in [5.74, 6) is 0. The molecule has 0 atom stereocenters. The first-order chi connectivity index (χ1) is 7.40. The average molecular weight is 202 g/mol. The molecule has 3 rings (SSSR count). The molecule has 1 fully saturated rings. The second kappa shape index (κ2) is 3.35. The molecular weight excluding hydrogens is 188 g/mol. The molecule has 2 heterocycles. The van der Waals surface area contributed by atoms with Crippen LogP contribution in [0.1, 0.15) is 42.3 Å². The van der Waals surface area contributed by atoms with Crippen LogP contribution < -0.4 is 5.32 Å². The Labute approximate surface area is 88.9 Å². The van der Waals surface area contributed by atoms with E-state index in [1.807, 2.05) is 4.68 Å². The van der Waals surface area contributed by atoms with Crippen molar-refractivity contribution >= 4 is 0 Å². The Kier molecular flexibility index (Phi) is 2.00. The van der Waals surface area contributed by atoms with Gasteiger partial charge in [0, 0.05) is 25.1 Å². The molecule has 1 aliphatic carbocycles. The van der Waals surface area contributed by atoms with Crippen LogP contribution >= 0.6 is 0 Å². The van der Waals surface area contributed by atoms with E-state index >= 15 is 0 Å². The van der Waals surface area contributed by atoms with Crippen LogP contribution in [0.15, 0.2) is 0 Å². The lowest BCUT2D eigenvalue weighted by atomic mass is 9.93. The van der Waals surface area contributed by atoms with E-state index in [9.17, 15) is 5.26 Å². The minimum absolute atomic E-state index is 0.491. The molecule has 1 saturated carbocycles. The molecule has 78 valence electrons. The van der Waals surface area contributed by atoms with Gasteiger partial charge in [-0.25, -0.2) is 0 Å². The fourth-order valence-corrected chi connectivity index (χ4v) is 2.34. The van der Waals surface area contributed by atoms with E-state index in [2.05, 4.69) is 16.5 Å². The van der Waals surface area contributed by atoms with Gasteiger partial charge in [-0.3, -0.25) is 4.68 Å². The van der Waals surface area contributed by atoms with Gasteiger partial charge in [-0.1, -0.05) is 0 Å². The molecule has 0 spiro atoms. The van der Waals surface area contributed by atoms with Gasteiger partial charge in [-0.05, 0) is 19.3 Å². The van der Waals surface area contributed by atoms with E-state index in [0.29, 0.717) is 6.04 Å². The predicted octanol–water partition coefficient (Wildman–Crippen LogP) is 1.13. The van der Waals surface area contributed by atoms with Gasteiger partial charge in [0.2, 0.25) is 0 Å². The van der Waals surface area contributed by atoms with Crippen LogP contribution in [0.4, 0.5) is 0 Å². The monoisotopic (exact) mass is 202 g/mol. The summed E-state index contributed by atoms with van der Waals surface area (Å²) in [5, 5.41) is 17.1. The first-order valence-electron chi connectivity index (χ1n) is 5.61. The third-order valence-corrected chi connectivity index (χ3v) is 3.46. The smallest absolute Gasteiger partial charge is 0.143 e. The summed E-state index contributed by atoms with van der Waals surface area (Å²) >= 11 is 0. The Morgan fingerprint density at radius 1 is 1.47 bits per heavy atom. The molecule has 4 nitrogen and oxygen atoms in total. The van der Waals surface area contributed by atoms with Crippen LogP contribution in [0.5, 0.6) is 0 Å². The minimum atomic E-state index is 0.491. The normalized spacial score (nSPS) is 20.5. The summed E-state index contributed by atoms with van der Waals surface area (Å²) in [5.41, 5.74) is 3.06. The highest BCUT2D eigenvalue weighted by Crippen LogP contribution is 2.33. The predicted molar refractivity (Wildman–Crippen MR) is 55.2 cm³/mol. The molecule has 1 aromatic rings. The van der Waals surface area contributed by atoms with Gasteiger partial charge in [0.1, 0.15) is 11.8 Å². The largest absolute Gasteiger partial charge is 0.312 e. The van der Waals surface area contributed by atoms with Crippen LogP contribution in [0.3, 0.4) is 0 Å². The van der Waals surface area contributed by atoms with E-state index in [-0.39, 0.29) is 0 Å². The molecule has 1 aromatic heterocycles. The van der Waals surface area contributed by atoms with Crippen LogP contribution in [-0.4, -0.2) is 16.3 Å². The molecule has 1 N–H and O–H groups in total. The Morgan fingerprint density at radius 2 is 2.33 bits per heavy atom. The summed E-state index contributed by atoms with van der Waals surface area (Å²) in [6.45, 7) is 1.80. The number of rotatable bonds is 1. The van der Waals surface area contributed by atoms with Crippen LogP contribution in [0.25, 0.3) is 0 Å². The highest BCUT2D eigenvalue weighted by Gasteiger charge is 2.27. The Bertz CT molecular complexity index is 423. The van der Waals surface area contributed by atoms with E-state index < -0.39 is 0 Å². The number of hydrogen-bond donors (Lipinski definition) is 1. The molecule has 1 aliphatic heterocycles. The lowest BCUT2D eigenvalue weighted by Gasteiger charge is -2.26. The lowest BCUT2D eigenvalue weighted by Crippen LogP contribution is -2.23. The molecule has 0 amide bonds. The Hall–Kier alpha value is -1.34. The maximum Gasteiger partial charge on any atom is 0.143 e. The van der Waals surface area contributed by atoms with Crippen molar-refractivity contribution in [1.29, 1.82) is 5.26 Å². The van der Waals surface area contributed by atoms with Crippen molar-refractivity contribution in [2.45, 2.75) is 38.3 Å². The first-order valence-corrected chi connectivity index (χ1v) is 5.61. The zero-order valence-electron chi connectivity index (χ0n) is 8.66. The first kappa shape index (κ1) is 8.93. The molecule has 4 heteroatoms. The Morgan fingerprint density at radius 3 is 3.00 bits per heavy atom. The van der Waals surface area contributed by atoms with Crippen LogP contribution in [-0.2, 0) is 13.0 Å². The van der Waals surface area contributed by atoms with Gasteiger partial charge in [0.15, 0.2) is 0 Å². The van der Waals surface area contributed by atoms with E-state index in [0.717, 1.165) is 36.5 Å². The third kappa shape index (κ3) is 1.27. The van der Waals surface area contributed by atoms with E-state index in [4.69, 9.17) is 0 Å².